The quantitative estimate of drug-likeness (QED) is 0.773. The zero-order chi connectivity index (χ0) is 15.3. The fourth-order valence-corrected chi connectivity index (χ4v) is 1.79. The second-order valence-corrected chi connectivity index (χ2v) is 4.90. The van der Waals surface area contributed by atoms with Crippen molar-refractivity contribution in [3.05, 3.63) is 23.8 Å². The summed E-state index contributed by atoms with van der Waals surface area (Å²) >= 11 is 0. The Bertz CT molecular complexity index is 500. The first kappa shape index (κ1) is 15.8. The van der Waals surface area contributed by atoms with Crippen LogP contribution in [0.3, 0.4) is 0 Å². The van der Waals surface area contributed by atoms with E-state index in [2.05, 4.69) is 5.32 Å². The minimum absolute atomic E-state index is 0.197. The smallest absolute Gasteiger partial charge is 0.339 e. The Hall–Kier alpha value is -2.24. The van der Waals surface area contributed by atoms with Crippen LogP contribution in [0.2, 0.25) is 0 Å². The normalized spacial score (nSPS) is 10.4. The Balaban J connectivity index is 2.80. The molecule has 0 radical (unpaired) electrons. The molecule has 6 heteroatoms. The Kier molecular flexibility index (Phi) is 5.37. The third-order valence-corrected chi connectivity index (χ3v) is 2.73. The van der Waals surface area contributed by atoms with E-state index in [1.807, 2.05) is 20.8 Å². The molecule has 0 spiro atoms. The van der Waals surface area contributed by atoms with E-state index in [0.29, 0.717) is 24.7 Å². The molecule has 0 aromatic heterocycles. The van der Waals surface area contributed by atoms with Crippen LogP contribution < -0.4 is 5.32 Å². The largest absolute Gasteiger partial charge is 0.507 e. The molecule has 1 aromatic rings. The number of carboxylic acid groups (broad SMARTS) is 1. The molecule has 2 amide bonds. The number of anilines is 1. The number of urea groups is 1. The number of aromatic hydroxyl groups is 1. The highest BCUT2D eigenvalue weighted by atomic mass is 16.4. The van der Waals surface area contributed by atoms with Gasteiger partial charge in [-0.15, -0.1) is 0 Å². The Morgan fingerprint density at radius 1 is 1.35 bits per heavy atom. The average Bonchev–Trinajstić information content (AvgIpc) is 2.35. The van der Waals surface area contributed by atoms with Gasteiger partial charge in [0.1, 0.15) is 11.3 Å². The molecule has 3 N–H and O–H groups in total. The average molecular weight is 280 g/mol. The number of nitrogens with zero attached hydrogens (tertiary/aromatic N) is 1. The van der Waals surface area contributed by atoms with Crippen molar-refractivity contribution in [3.63, 3.8) is 0 Å². The summed E-state index contributed by atoms with van der Waals surface area (Å²) in [5, 5.41) is 21.0. The summed E-state index contributed by atoms with van der Waals surface area (Å²) in [5.74, 6) is -1.24. The highest BCUT2D eigenvalue weighted by Gasteiger charge is 2.15. The molecule has 0 bridgehead atoms. The first-order valence-electron chi connectivity index (χ1n) is 6.47. The van der Waals surface area contributed by atoms with E-state index in [9.17, 15) is 14.7 Å². The molecule has 0 aliphatic heterocycles. The van der Waals surface area contributed by atoms with Crippen molar-refractivity contribution in [2.75, 3.05) is 18.4 Å². The van der Waals surface area contributed by atoms with Crippen LogP contribution in [0.15, 0.2) is 18.2 Å². The number of benzene rings is 1. The summed E-state index contributed by atoms with van der Waals surface area (Å²) in [6.45, 7) is 7.12. The number of carbonyl (C=O) groups is 2. The number of hydrogen-bond acceptors (Lipinski definition) is 3. The Morgan fingerprint density at radius 2 is 2.00 bits per heavy atom. The van der Waals surface area contributed by atoms with Gasteiger partial charge in [0.2, 0.25) is 0 Å². The van der Waals surface area contributed by atoms with Gasteiger partial charge in [0.05, 0.1) is 0 Å². The molecular formula is C14H20N2O4. The van der Waals surface area contributed by atoms with Gasteiger partial charge in [0, 0.05) is 24.8 Å². The van der Waals surface area contributed by atoms with Gasteiger partial charge in [-0.1, -0.05) is 13.8 Å². The van der Waals surface area contributed by atoms with Gasteiger partial charge in [-0.2, -0.15) is 0 Å². The van der Waals surface area contributed by atoms with Crippen molar-refractivity contribution in [1.29, 1.82) is 0 Å². The molecular weight excluding hydrogens is 260 g/mol. The number of hydrogen-bond donors (Lipinski definition) is 3. The molecule has 0 heterocycles. The number of aromatic carboxylic acids is 1. The first-order chi connectivity index (χ1) is 9.35. The predicted molar refractivity (Wildman–Crippen MR) is 76.2 cm³/mol. The van der Waals surface area contributed by atoms with Crippen molar-refractivity contribution in [2.24, 2.45) is 5.92 Å². The standard InChI is InChI=1S/C14H20N2O4/c1-4-16(8-9(2)3)14(20)15-10-5-6-11(13(18)19)12(17)7-10/h5-7,9,17H,4,8H2,1-3H3,(H,15,20)(H,18,19). The van der Waals surface area contributed by atoms with Crippen LogP contribution in [-0.4, -0.2) is 40.2 Å². The monoisotopic (exact) mass is 280 g/mol. The van der Waals surface area contributed by atoms with Crippen LogP contribution in [0, 0.1) is 5.92 Å². The molecule has 0 atom stereocenters. The molecule has 1 aromatic carbocycles. The van der Waals surface area contributed by atoms with Gasteiger partial charge >= 0.3 is 12.0 Å². The molecule has 20 heavy (non-hydrogen) atoms. The second-order valence-electron chi connectivity index (χ2n) is 4.90. The number of amides is 2. The van der Waals surface area contributed by atoms with Crippen molar-refractivity contribution in [3.8, 4) is 5.75 Å². The van der Waals surface area contributed by atoms with Crippen LogP contribution in [0.25, 0.3) is 0 Å². The minimum Gasteiger partial charge on any atom is -0.507 e. The first-order valence-corrected chi connectivity index (χ1v) is 6.47. The molecule has 0 aliphatic rings. The summed E-state index contributed by atoms with van der Waals surface area (Å²) in [7, 11) is 0. The highest BCUT2D eigenvalue weighted by molar-refractivity contribution is 5.93. The van der Waals surface area contributed by atoms with E-state index < -0.39 is 5.97 Å². The Labute approximate surface area is 118 Å². The lowest BCUT2D eigenvalue weighted by molar-refractivity contribution is 0.0694. The van der Waals surface area contributed by atoms with Gasteiger partial charge in [0.25, 0.3) is 0 Å². The molecule has 6 nitrogen and oxygen atoms in total. The summed E-state index contributed by atoms with van der Waals surface area (Å²) in [6, 6.07) is 3.66. The van der Waals surface area contributed by atoms with Gasteiger partial charge < -0.3 is 20.4 Å². The fourth-order valence-electron chi connectivity index (χ4n) is 1.79. The molecule has 0 aliphatic carbocycles. The molecule has 0 saturated heterocycles. The maximum atomic E-state index is 12.0. The lowest BCUT2D eigenvalue weighted by Crippen LogP contribution is -2.37. The molecule has 110 valence electrons. The third-order valence-electron chi connectivity index (χ3n) is 2.73. The van der Waals surface area contributed by atoms with Gasteiger partial charge in [-0.25, -0.2) is 9.59 Å². The van der Waals surface area contributed by atoms with Gasteiger partial charge in [0.15, 0.2) is 0 Å². The van der Waals surface area contributed by atoms with Crippen molar-refractivity contribution < 1.29 is 19.8 Å². The van der Waals surface area contributed by atoms with Crippen LogP contribution in [0.5, 0.6) is 5.75 Å². The topological polar surface area (TPSA) is 89.9 Å². The lowest BCUT2D eigenvalue weighted by Gasteiger charge is -2.23. The number of nitrogens with one attached hydrogen (secondary N) is 1. The van der Waals surface area contributed by atoms with Crippen molar-refractivity contribution in [2.45, 2.75) is 20.8 Å². The van der Waals surface area contributed by atoms with E-state index in [-0.39, 0.29) is 17.3 Å². The number of carboxylic acids is 1. The third kappa shape index (κ3) is 4.15. The van der Waals surface area contributed by atoms with E-state index in [1.165, 1.54) is 18.2 Å². The van der Waals surface area contributed by atoms with Crippen LogP contribution >= 0.6 is 0 Å². The van der Waals surface area contributed by atoms with Crippen molar-refractivity contribution >= 4 is 17.7 Å². The highest BCUT2D eigenvalue weighted by Crippen LogP contribution is 2.22. The molecule has 1 rings (SSSR count). The van der Waals surface area contributed by atoms with Gasteiger partial charge in [-0.05, 0) is 25.0 Å². The fraction of sp³-hybridized carbons (Fsp3) is 0.429. The van der Waals surface area contributed by atoms with E-state index >= 15 is 0 Å². The number of rotatable bonds is 5. The lowest BCUT2D eigenvalue weighted by atomic mass is 10.2. The van der Waals surface area contributed by atoms with E-state index in [0.717, 1.165) is 0 Å². The zero-order valence-electron chi connectivity index (χ0n) is 11.9. The maximum absolute atomic E-state index is 12.0. The SMILES string of the molecule is CCN(CC(C)C)C(=O)Nc1ccc(C(=O)O)c(O)c1. The van der Waals surface area contributed by atoms with Crippen LogP contribution in [0.4, 0.5) is 10.5 Å². The number of carbonyl (C=O) groups excluding carboxylic acids is 1. The summed E-state index contributed by atoms with van der Waals surface area (Å²) in [4.78, 5) is 24.4. The minimum atomic E-state index is -1.21. The molecule has 0 unspecified atom stereocenters. The van der Waals surface area contributed by atoms with Gasteiger partial charge in [-0.3, -0.25) is 0 Å². The Morgan fingerprint density at radius 3 is 2.45 bits per heavy atom. The summed E-state index contributed by atoms with van der Waals surface area (Å²) in [6.07, 6.45) is 0. The molecule has 0 saturated carbocycles. The summed E-state index contributed by atoms with van der Waals surface area (Å²) < 4.78 is 0. The van der Waals surface area contributed by atoms with Crippen LogP contribution in [-0.2, 0) is 0 Å². The number of phenols is 1. The van der Waals surface area contributed by atoms with E-state index in [4.69, 9.17) is 5.11 Å². The molecule has 0 fully saturated rings. The predicted octanol–water partition coefficient (Wildman–Crippen LogP) is 2.60. The van der Waals surface area contributed by atoms with Crippen LogP contribution in [0.1, 0.15) is 31.1 Å². The van der Waals surface area contributed by atoms with Crippen molar-refractivity contribution in [1.82, 2.24) is 4.90 Å². The summed E-state index contributed by atoms with van der Waals surface area (Å²) in [5.41, 5.74) is 0.164. The maximum Gasteiger partial charge on any atom is 0.339 e. The second kappa shape index (κ2) is 6.79. The van der Waals surface area contributed by atoms with E-state index in [1.54, 1.807) is 4.90 Å². The zero-order valence-corrected chi connectivity index (χ0v) is 11.9.